The maximum absolute atomic E-state index is 5.51. The highest BCUT2D eigenvalue weighted by molar-refractivity contribution is 6.73. The Bertz CT molecular complexity index is 93.6. The van der Waals surface area contributed by atoms with Crippen molar-refractivity contribution in [3.63, 3.8) is 0 Å². The molecular weight excluding hydrogens is 168 g/mol. The summed E-state index contributed by atoms with van der Waals surface area (Å²) in [6, 6.07) is 0. The molecule has 1 nitrogen and oxygen atoms in total. The zero-order valence-corrected chi connectivity index (χ0v) is 10.3. The first-order valence-corrected chi connectivity index (χ1v) is 8.77. The van der Waals surface area contributed by atoms with E-state index in [0.29, 0.717) is 0 Å². The molecule has 0 aromatic carbocycles. The van der Waals surface area contributed by atoms with Gasteiger partial charge in [0.2, 0.25) is 0 Å². The van der Waals surface area contributed by atoms with Crippen molar-refractivity contribution >= 4 is 18.1 Å². The zero-order chi connectivity index (χ0) is 9.91. The van der Waals surface area contributed by atoms with Crippen molar-refractivity contribution < 1.29 is 4.12 Å². The molecule has 0 amide bonds. The van der Waals surface area contributed by atoms with Crippen molar-refractivity contribution in [2.45, 2.75) is 26.2 Å². The van der Waals surface area contributed by atoms with E-state index in [-0.39, 0.29) is 9.76 Å². The van der Waals surface area contributed by atoms with Crippen LogP contribution in [0.3, 0.4) is 0 Å². The van der Waals surface area contributed by atoms with Crippen LogP contribution in [0.5, 0.6) is 0 Å². The first-order chi connectivity index (χ1) is 5.06. The molecule has 64 valence electrons. The lowest BCUT2D eigenvalue weighted by molar-refractivity contribution is 0.603. The molecule has 0 aliphatic heterocycles. The molecule has 3 heteroatoms. The normalized spacial score (nSPS) is 9.09. The van der Waals surface area contributed by atoms with Crippen LogP contribution in [0.4, 0.5) is 0 Å². The molecule has 0 bridgehead atoms. The lowest BCUT2D eigenvalue weighted by Gasteiger charge is -2.14. The maximum atomic E-state index is 5.51. The van der Waals surface area contributed by atoms with E-state index in [4.69, 9.17) is 4.12 Å². The van der Waals surface area contributed by atoms with Crippen molar-refractivity contribution in [1.82, 2.24) is 0 Å². The van der Waals surface area contributed by atoms with E-state index in [1.807, 2.05) is 0 Å². The van der Waals surface area contributed by atoms with Crippen molar-refractivity contribution in [3.8, 4) is 25.7 Å². The Morgan fingerprint density at radius 3 is 1.27 bits per heavy atom. The van der Waals surface area contributed by atoms with Crippen LogP contribution in [0.15, 0.2) is 0 Å². The number of hydrogen-bond acceptors (Lipinski definition) is 1. The average Bonchev–Trinajstić information content (AvgIpc) is 1.94. The van der Waals surface area contributed by atoms with Gasteiger partial charge in [-0.05, 0) is 19.6 Å². The predicted octanol–water partition coefficient (Wildman–Crippen LogP) is 1.47. The molecule has 0 aromatic rings. The monoisotopic (exact) mass is 186 g/mol. The van der Waals surface area contributed by atoms with Gasteiger partial charge in [0, 0.05) is 0 Å². The van der Waals surface area contributed by atoms with Gasteiger partial charge in [0.15, 0.2) is 8.32 Å². The Balaban J connectivity index is -0.000000138. The van der Waals surface area contributed by atoms with Gasteiger partial charge in [-0.3, -0.25) is 0 Å². The van der Waals surface area contributed by atoms with Crippen LogP contribution in [-0.4, -0.2) is 18.1 Å². The van der Waals surface area contributed by atoms with Gasteiger partial charge in [-0.15, -0.1) is 25.7 Å². The number of terminal acetylenes is 2. The van der Waals surface area contributed by atoms with Gasteiger partial charge in [0.05, 0.1) is 0 Å². The van der Waals surface area contributed by atoms with E-state index in [2.05, 4.69) is 51.9 Å². The summed E-state index contributed by atoms with van der Waals surface area (Å²) < 4.78 is 5.51. The van der Waals surface area contributed by atoms with E-state index in [1.54, 1.807) is 0 Å². The Hall–Kier alpha value is -0.486. The molecule has 0 atom stereocenters. The molecule has 0 rings (SSSR count). The Kier molecular flexibility index (Phi) is 18.7. The highest BCUT2D eigenvalue weighted by Crippen LogP contribution is 1.99. The fourth-order valence-corrected chi connectivity index (χ4v) is 3.90. The second-order valence-corrected chi connectivity index (χ2v) is 8.50. The third-order valence-corrected chi connectivity index (χ3v) is 5.20. The van der Waals surface area contributed by atoms with Crippen LogP contribution >= 0.6 is 0 Å². The molecule has 0 saturated heterocycles. The lowest BCUT2D eigenvalue weighted by atomic mass is 11.4. The minimum Gasteiger partial charge on any atom is -0.461 e. The second-order valence-electron chi connectivity index (χ2n) is 2.55. The third kappa shape index (κ3) is 43.5. The minimum absolute atomic E-state index is 0.128. The predicted molar refractivity (Wildman–Crippen MR) is 58.6 cm³/mol. The van der Waals surface area contributed by atoms with Crippen molar-refractivity contribution in [3.05, 3.63) is 0 Å². The standard InChI is InChI=1S/C4H14OSi2.2C2H2/c1-6-5-7(2,3)4;2*1-2/h6H2,1-4H3;2*1-2H. The lowest BCUT2D eigenvalue weighted by Crippen LogP contribution is -2.26. The number of rotatable bonds is 2. The van der Waals surface area contributed by atoms with Gasteiger partial charge >= 0.3 is 0 Å². The topological polar surface area (TPSA) is 9.23 Å². The molecule has 0 saturated carbocycles. The van der Waals surface area contributed by atoms with Gasteiger partial charge in [-0.2, -0.15) is 0 Å². The van der Waals surface area contributed by atoms with Crippen LogP contribution < -0.4 is 0 Å². The SMILES string of the molecule is C#C.C#C.C[SiH2]O[Si](C)(C)C. The van der Waals surface area contributed by atoms with Gasteiger partial charge < -0.3 is 4.12 Å². The van der Waals surface area contributed by atoms with Crippen molar-refractivity contribution in [2.24, 2.45) is 0 Å². The fraction of sp³-hybridized carbons (Fsp3) is 0.500. The Morgan fingerprint density at radius 2 is 1.27 bits per heavy atom. The first-order valence-electron chi connectivity index (χ1n) is 3.37. The van der Waals surface area contributed by atoms with Crippen molar-refractivity contribution in [2.75, 3.05) is 0 Å². The van der Waals surface area contributed by atoms with E-state index in [9.17, 15) is 0 Å². The summed E-state index contributed by atoms with van der Waals surface area (Å²) in [6.07, 6.45) is 16.0. The molecule has 11 heavy (non-hydrogen) atoms. The largest absolute Gasteiger partial charge is 0.461 e. The maximum Gasteiger partial charge on any atom is 0.169 e. The molecule has 0 aromatic heterocycles. The first kappa shape index (κ1) is 16.9. The number of hydrogen-bond donors (Lipinski definition) is 0. The molecule has 0 radical (unpaired) electrons. The van der Waals surface area contributed by atoms with Gasteiger partial charge in [-0.25, -0.2) is 0 Å². The summed E-state index contributed by atoms with van der Waals surface area (Å²) in [4.78, 5) is 0. The fourth-order valence-electron chi connectivity index (χ4n) is 0.433. The third-order valence-electron chi connectivity index (χ3n) is 0.577. The van der Waals surface area contributed by atoms with E-state index in [0.717, 1.165) is 0 Å². The molecule has 0 aliphatic rings. The van der Waals surface area contributed by atoms with Crippen LogP contribution in [0, 0.1) is 25.7 Å². The quantitative estimate of drug-likeness (QED) is 0.469. The molecule has 0 spiro atoms. The highest BCUT2D eigenvalue weighted by atomic mass is 28.4. The van der Waals surface area contributed by atoms with Gasteiger partial charge in [0.25, 0.3) is 0 Å². The molecule has 0 N–H and O–H groups in total. The molecule has 0 aliphatic carbocycles. The van der Waals surface area contributed by atoms with E-state index < -0.39 is 8.32 Å². The van der Waals surface area contributed by atoms with E-state index >= 15 is 0 Å². The van der Waals surface area contributed by atoms with Gasteiger partial charge in [-0.1, -0.05) is 6.55 Å². The second kappa shape index (κ2) is 12.2. The van der Waals surface area contributed by atoms with Crippen LogP contribution in [0.25, 0.3) is 0 Å². The summed E-state index contributed by atoms with van der Waals surface area (Å²) in [5, 5.41) is 0. The minimum atomic E-state index is -1.10. The van der Waals surface area contributed by atoms with Gasteiger partial charge in [0.1, 0.15) is 9.76 Å². The molecule has 0 fully saturated rings. The summed E-state index contributed by atoms with van der Waals surface area (Å²) in [6.45, 7) is 8.86. The van der Waals surface area contributed by atoms with Crippen LogP contribution in [-0.2, 0) is 4.12 Å². The Morgan fingerprint density at radius 1 is 1.00 bits per heavy atom. The summed E-state index contributed by atoms with van der Waals surface area (Å²) in [5.74, 6) is 0. The van der Waals surface area contributed by atoms with Crippen molar-refractivity contribution in [1.29, 1.82) is 0 Å². The zero-order valence-electron chi connectivity index (χ0n) is 7.92. The smallest absolute Gasteiger partial charge is 0.169 e. The highest BCUT2D eigenvalue weighted by Gasteiger charge is 2.10. The summed E-state index contributed by atoms with van der Waals surface area (Å²) >= 11 is 0. The van der Waals surface area contributed by atoms with E-state index in [1.165, 1.54) is 0 Å². The summed E-state index contributed by atoms with van der Waals surface area (Å²) in [5.41, 5.74) is 0. The Labute approximate surface area is 74.6 Å². The molecule has 0 heterocycles. The van der Waals surface area contributed by atoms with Crippen LogP contribution in [0.1, 0.15) is 0 Å². The average molecular weight is 186 g/mol. The summed E-state index contributed by atoms with van der Waals surface area (Å²) in [7, 11) is -1.22. The molecular formula is C8H18OSi2. The van der Waals surface area contributed by atoms with Crippen LogP contribution in [0.2, 0.25) is 26.2 Å². The molecule has 0 unspecified atom stereocenters.